The number of quaternary nitrogens is 1. The molecule has 0 saturated heterocycles. The van der Waals surface area contributed by atoms with Crippen molar-refractivity contribution in [1.82, 2.24) is 0 Å². The molecule has 0 saturated carbocycles. The van der Waals surface area contributed by atoms with E-state index in [1.54, 1.807) is 11.8 Å². The maximum absolute atomic E-state index is 12.1. The van der Waals surface area contributed by atoms with Crippen LogP contribution < -0.4 is 15.4 Å². The van der Waals surface area contributed by atoms with Crippen LogP contribution in [-0.2, 0) is 21.4 Å². The first-order valence-electron chi connectivity index (χ1n) is 7.65. The lowest BCUT2D eigenvalue weighted by atomic mass is 10.2. The van der Waals surface area contributed by atoms with Gasteiger partial charge in [0.05, 0.1) is 11.9 Å². The summed E-state index contributed by atoms with van der Waals surface area (Å²) in [5, 5.41) is 7.80. The lowest BCUT2D eigenvalue weighted by Crippen LogP contribution is -3.08. The van der Waals surface area contributed by atoms with Crippen LogP contribution in [0, 0.1) is 0 Å². The molecule has 0 aliphatic heterocycles. The zero-order valence-electron chi connectivity index (χ0n) is 14.2. The Morgan fingerprint density at radius 2 is 1.72 bits per heavy atom. The normalized spacial score (nSPS) is 12.6. The third-order valence-electron chi connectivity index (χ3n) is 3.59. The summed E-state index contributed by atoms with van der Waals surface area (Å²) in [5.74, 6) is -0.137. The Labute approximate surface area is 152 Å². The van der Waals surface area contributed by atoms with Gasteiger partial charge in [-0.25, -0.2) is 13.6 Å². The summed E-state index contributed by atoms with van der Waals surface area (Å²) in [7, 11) is -1.77. The predicted octanol–water partition coefficient (Wildman–Crippen LogP) is 0.709. The van der Waals surface area contributed by atoms with Crippen LogP contribution in [0.2, 0.25) is 0 Å². The van der Waals surface area contributed by atoms with E-state index in [0.717, 1.165) is 11.4 Å². The summed E-state index contributed by atoms with van der Waals surface area (Å²) in [6, 6.07) is 14.1. The van der Waals surface area contributed by atoms with Gasteiger partial charge >= 0.3 is 0 Å². The van der Waals surface area contributed by atoms with Gasteiger partial charge in [-0.1, -0.05) is 12.1 Å². The number of amides is 1. The average Bonchev–Trinajstić information content (AvgIpc) is 2.55. The number of nitrogens with two attached hydrogens (primary N) is 1. The molecule has 2 aromatic rings. The monoisotopic (exact) mass is 380 g/mol. The molecule has 0 aromatic heterocycles. The van der Waals surface area contributed by atoms with Crippen LogP contribution in [0.1, 0.15) is 5.56 Å². The van der Waals surface area contributed by atoms with E-state index in [1.165, 1.54) is 34.7 Å². The van der Waals surface area contributed by atoms with Crippen molar-refractivity contribution in [1.29, 1.82) is 0 Å². The Kier molecular flexibility index (Phi) is 6.60. The standard InChI is InChI=1S/C17H21N3O3S2/c1-20(11-13-3-7-15(24-2)8-4-13)12-17(21)19-14-5-9-16(10-6-14)25(18,22)23/h3-10H,11-12H2,1-2H3,(H,19,21)(H2,18,22,23)/p+1. The quantitative estimate of drug-likeness (QED) is 0.617. The summed E-state index contributed by atoms with van der Waals surface area (Å²) in [4.78, 5) is 14.4. The minimum Gasteiger partial charge on any atom is -0.326 e. The van der Waals surface area contributed by atoms with Crippen molar-refractivity contribution in [2.24, 2.45) is 5.14 Å². The number of benzene rings is 2. The molecule has 1 atom stereocenters. The zero-order valence-corrected chi connectivity index (χ0v) is 15.8. The van der Waals surface area contributed by atoms with E-state index in [4.69, 9.17) is 5.14 Å². The Hall–Kier alpha value is -1.87. The van der Waals surface area contributed by atoms with E-state index < -0.39 is 10.0 Å². The van der Waals surface area contributed by atoms with Crippen molar-refractivity contribution in [3.8, 4) is 0 Å². The molecule has 0 spiro atoms. The third-order valence-corrected chi connectivity index (χ3v) is 5.27. The van der Waals surface area contributed by atoms with Gasteiger partial charge in [0, 0.05) is 16.1 Å². The first kappa shape index (κ1) is 19.5. The number of likely N-dealkylation sites (N-methyl/N-ethyl adjacent to an activating group) is 1. The maximum atomic E-state index is 12.1. The van der Waals surface area contributed by atoms with Crippen molar-refractivity contribution < 1.29 is 18.1 Å². The molecule has 134 valence electrons. The largest absolute Gasteiger partial charge is 0.326 e. The average molecular weight is 381 g/mol. The zero-order chi connectivity index (χ0) is 18.4. The fourth-order valence-corrected chi connectivity index (χ4v) is 3.29. The molecule has 1 unspecified atom stereocenters. The van der Waals surface area contributed by atoms with Gasteiger partial charge in [0.15, 0.2) is 6.54 Å². The molecule has 4 N–H and O–H groups in total. The number of nitrogens with one attached hydrogen (secondary N) is 2. The van der Waals surface area contributed by atoms with Gasteiger partial charge in [0.25, 0.3) is 5.91 Å². The van der Waals surface area contributed by atoms with Gasteiger partial charge in [-0.3, -0.25) is 4.79 Å². The van der Waals surface area contributed by atoms with Crippen LogP contribution in [0.25, 0.3) is 0 Å². The summed E-state index contributed by atoms with van der Waals surface area (Å²) in [6.45, 7) is 1.05. The number of carbonyl (C=O) groups excluding carboxylic acids is 1. The summed E-state index contributed by atoms with van der Waals surface area (Å²) < 4.78 is 22.4. The molecular weight excluding hydrogens is 358 g/mol. The number of hydrogen-bond acceptors (Lipinski definition) is 4. The Bertz CT molecular complexity index is 819. The highest BCUT2D eigenvalue weighted by Gasteiger charge is 2.12. The molecule has 8 heteroatoms. The summed E-state index contributed by atoms with van der Waals surface area (Å²) >= 11 is 1.69. The molecule has 1 amide bonds. The van der Waals surface area contributed by atoms with Gasteiger partial charge in [0.1, 0.15) is 6.54 Å². The van der Waals surface area contributed by atoms with Gasteiger partial charge in [-0.2, -0.15) is 0 Å². The first-order valence-corrected chi connectivity index (χ1v) is 10.4. The minimum absolute atomic E-state index is 0.0157. The highest BCUT2D eigenvalue weighted by Crippen LogP contribution is 2.14. The Balaban J connectivity index is 1.88. The van der Waals surface area contributed by atoms with E-state index >= 15 is 0 Å². The van der Waals surface area contributed by atoms with Crippen molar-refractivity contribution in [3.63, 3.8) is 0 Å². The molecule has 2 rings (SSSR count). The highest BCUT2D eigenvalue weighted by atomic mass is 32.2. The Morgan fingerprint density at radius 3 is 2.24 bits per heavy atom. The van der Waals surface area contributed by atoms with Crippen molar-refractivity contribution >= 4 is 33.4 Å². The molecular formula is C17H22N3O3S2+. The summed E-state index contributed by atoms with van der Waals surface area (Å²) in [5.41, 5.74) is 1.70. The van der Waals surface area contributed by atoms with E-state index in [9.17, 15) is 13.2 Å². The van der Waals surface area contributed by atoms with Crippen LogP contribution in [0.15, 0.2) is 58.3 Å². The molecule has 0 bridgehead atoms. The van der Waals surface area contributed by atoms with Crippen molar-refractivity contribution in [2.45, 2.75) is 16.3 Å². The maximum Gasteiger partial charge on any atom is 0.279 e. The fourth-order valence-electron chi connectivity index (χ4n) is 2.36. The smallest absolute Gasteiger partial charge is 0.279 e. The van der Waals surface area contributed by atoms with Gasteiger partial charge in [0.2, 0.25) is 10.0 Å². The second-order valence-corrected chi connectivity index (χ2v) is 8.22. The molecule has 2 aromatic carbocycles. The SMILES string of the molecule is CSc1ccc(C[NH+](C)CC(=O)Nc2ccc(S(N)(=O)=O)cc2)cc1. The molecule has 25 heavy (non-hydrogen) atoms. The van der Waals surface area contributed by atoms with Crippen molar-refractivity contribution in [2.75, 3.05) is 25.2 Å². The van der Waals surface area contributed by atoms with Crippen LogP contribution in [-0.4, -0.2) is 34.2 Å². The van der Waals surface area contributed by atoms with Gasteiger partial charge in [-0.15, -0.1) is 11.8 Å². The van der Waals surface area contributed by atoms with Gasteiger partial charge in [-0.05, 0) is 42.7 Å². The number of rotatable bonds is 7. The molecule has 0 aliphatic rings. The van der Waals surface area contributed by atoms with Crippen molar-refractivity contribution in [3.05, 3.63) is 54.1 Å². The number of carbonyl (C=O) groups is 1. The third kappa shape index (κ3) is 6.17. The number of thioether (sulfide) groups is 1. The van der Waals surface area contributed by atoms with Crippen LogP contribution in [0.5, 0.6) is 0 Å². The Morgan fingerprint density at radius 1 is 1.12 bits per heavy atom. The van der Waals surface area contributed by atoms with Crippen LogP contribution in [0.3, 0.4) is 0 Å². The van der Waals surface area contributed by atoms with Crippen LogP contribution >= 0.6 is 11.8 Å². The number of hydrogen-bond donors (Lipinski definition) is 3. The van der Waals surface area contributed by atoms with E-state index in [0.29, 0.717) is 12.2 Å². The second-order valence-electron chi connectivity index (χ2n) is 5.78. The minimum atomic E-state index is -3.73. The number of anilines is 1. The lowest BCUT2D eigenvalue weighted by Gasteiger charge is -2.14. The van der Waals surface area contributed by atoms with E-state index in [1.807, 2.05) is 13.3 Å². The predicted molar refractivity (Wildman–Crippen MR) is 100 cm³/mol. The molecule has 6 nitrogen and oxygen atoms in total. The fraction of sp³-hybridized carbons (Fsp3) is 0.235. The molecule has 0 fully saturated rings. The number of primary sulfonamides is 1. The second kappa shape index (κ2) is 8.48. The highest BCUT2D eigenvalue weighted by molar-refractivity contribution is 7.98. The summed E-state index contributed by atoms with van der Waals surface area (Å²) in [6.07, 6.45) is 2.03. The molecule has 0 radical (unpaired) electrons. The van der Waals surface area contributed by atoms with E-state index in [-0.39, 0.29) is 10.8 Å². The number of sulfonamides is 1. The topological polar surface area (TPSA) is 93.7 Å². The van der Waals surface area contributed by atoms with E-state index in [2.05, 4.69) is 29.6 Å². The molecule has 0 aliphatic carbocycles. The first-order chi connectivity index (χ1) is 11.8. The molecule has 0 heterocycles. The van der Waals surface area contributed by atoms with Crippen LogP contribution in [0.4, 0.5) is 5.69 Å². The lowest BCUT2D eigenvalue weighted by molar-refractivity contribution is -0.885. The van der Waals surface area contributed by atoms with Gasteiger partial charge < -0.3 is 10.2 Å².